The first-order chi connectivity index (χ1) is 17.1. The average Bonchev–Trinajstić information content (AvgIpc) is 3.57. The van der Waals surface area contributed by atoms with Crippen molar-refractivity contribution < 1.29 is 4.79 Å². The first-order valence-electron chi connectivity index (χ1n) is 11.3. The lowest BCUT2D eigenvalue weighted by Crippen LogP contribution is -2.24. The summed E-state index contributed by atoms with van der Waals surface area (Å²) in [6.45, 7) is 0. The number of aryl methyl sites for hydroxylation is 2. The molecule has 0 bridgehead atoms. The Morgan fingerprint density at radius 3 is 2.60 bits per heavy atom. The Kier molecular flexibility index (Phi) is 4.88. The quantitative estimate of drug-likeness (QED) is 0.413. The van der Waals surface area contributed by atoms with Crippen LogP contribution in [0.25, 0.3) is 22.4 Å². The van der Waals surface area contributed by atoms with Crippen LogP contribution in [0.1, 0.15) is 27.9 Å². The number of hydrogen-bond donors (Lipinski definition) is 2. The van der Waals surface area contributed by atoms with Gasteiger partial charge in [-0.15, -0.1) is 0 Å². The molecule has 0 saturated carbocycles. The minimum Gasteiger partial charge on any atom is -0.365 e. The first kappa shape index (κ1) is 20.8. The van der Waals surface area contributed by atoms with E-state index in [1.165, 1.54) is 23.5 Å². The second-order valence-electron chi connectivity index (χ2n) is 8.47. The van der Waals surface area contributed by atoms with Gasteiger partial charge in [0.25, 0.3) is 5.91 Å². The molecule has 35 heavy (non-hydrogen) atoms. The van der Waals surface area contributed by atoms with Crippen LogP contribution < -0.4 is 16.5 Å². The van der Waals surface area contributed by atoms with Crippen LogP contribution in [-0.4, -0.2) is 30.2 Å². The molecule has 3 aromatic heterocycles. The summed E-state index contributed by atoms with van der Waals surface area (Å²) in [4.78, 5) is 33.9. The summed E-state index contributed by atoms with van der Waals surface area (Å²) in [6, 6.07) is 15.7. The van der Waals surface area contributed by atoms with Gasteiger partial charge in [-0.3, -0.25) is 9.59 Å². The highest BCUT2D eigenvalue weighted by Crippen LogP contribution is 2.26. The normalized spacial score (nSPS) is 12.6. The van der Waals surface area contributed by atoms with Crippen molar-refractivity contribution in [1.29, 1.82) is 0 Å². The van der Waals surface area contributed by atoms with Crippen LogP contribution in [0.2, 0.25) is 0 Å². The third-order valence-corrected chi connectivity index (χ3v) is 6.26. The number of nitrogens with zero attached hydrogens (tertiary/aromatic N) is 5. The number of nitrogens with one attached hydrogen (secondary N) is 1. The van der Waals surface area contributed by atoms with Crippen molar-refractivity contribution in [3.05, 3.63) is 100 Å². The maximum atomic E-state index is 12.9. The van der Waals surface area contributed by atoms with Crippen LogP contribution >= 0.6 is 0 Å². The summed E-state index contributed by atoms with van der Waals surface area (Å²) in [5.74, 6) is -0.461. The fourth-order valence-corrected chi connectivity index (χ4v) is 4.50. The molecule has 172 valence electrons. The molecule has 0 aliphatic heterocycles. The number of carbonyl (C=O) groups is 1. The van der Waals surface area contributed by atoms with Crippen LogP contribution in [0.15, 0.2) is 78.1 Å². The van der Waals surface area contributed by atoms with E-state index in [1.807, 2.05) is 42.6 Å². The number of hydrogen-bond acceptors (Lipinski definition) is 6. The molecule has 9 heteroatoms. The molecule has 9 nitrogen and oxygen atoms in total. The molecule has 3 heterocycles. The van der Waals surface area contributed by atoms with Crippen molar-refractivity contribution in [2.45, 2.75) is 19.3 Å². The molecule has 1 aliphatic rings. The van der Waals surface area contributed by atoms with Crippen molar-refractivity contribution >= 4 is 28.6 Å². The Morgan fingerprint density at radius 2 is 1.83 bits per heavy atom. The SMILES string of the molecule is NC(=O)c1cn(-c2ccc3c(c2)CCC3)c2nc(Nc3ccc(-n4cccn4)cc3)ncc2c1=O. The smallest absolute Gasteiger partial charge is 0.254 e. The molecule has 1 amide bonds. The Bertz CT molecular complexity index is 1640. The van der Waals surface area contributed by atoms with Crippen molar-refractivity contribution in [3.63, 3.8) is 0 Å². The summed E-state index contributed by atoms with van der Waals surface area (Å²) in [5.41, 5.74) is 10.4. The van der Waals surface area contributed by atoms with Gasteiger partial charge in [-0.25, -0.2) is 9.67 Å². The summed E-state index contributed by atoms with van der Waals surface area (Å²) in [7, 11) is 0. The van der Waals surface area contributed by atoms with Crippen LogP contribution in [0.3, 0.4) is 0 Å². The van der Waals surface area contributed by atoms with E-state index in [2.05, 4.69) is 32.5 Å². The third kappa shape index (κ3) is 3.72. The minimum absolute atomic E-state index is 0.100. The lowest BCUT2D eigenvalue weighted by molar-refractivity contribution is 0.0999. The van der Waals surface area contributed by atoms with E-state index >= 15 is 0 Å². The molecule has 0 unspecified atom stereocenters. The first-order valence-corrected chi connectivity index (χ1v) is 11.3. The van der Waals surface area contributed by atoms with Gasteiger partial charge < -0.3 is 15.6 Å². The molecular weight excluding hydrogens is 442 g/mol. The number of aromatic nitrogens is 5. The summed E-state index contributed by atoms with van der Waals surface area (Å²) in [6.07, 6.45) is 9.67. The molecule has 0 saturated heterocycles. The molecule has 0 atom stereocenters. The van der Waals surface area contributed by atoms with Gasteiger partial charge in [0, 0.05) is 36.2 Å². The molecule has 1 aliphatic carbocycles. The van der Waals surface area contributed by atoms with E-state index in [1.54, 1.807) is 15.4 Å². The van der Waals surface area contributed by atoms with Gasteiger partial charge in [0.1, 0.15) is 5.56 Å². The maximum Gasteiger partial charge on any atom is 0.254 e. The number of fused-ring (bicyclic) bond motifs is 2. The second kappa shape index (κ2) is 8.21. The van der Waals surface area contributed by atoms with Crippen LogP contribution in [0.5, 0.6) is 0 Å². The zero-order valence-corrected chi connectivity index (χ0v) is 18.7. The highest BCUT2D eigenvalue weighted by atomic mass is 16.2. The van der Waals surface area contributed by atoms with Crippen molar-refractivity contribution in [1.82, 2.24) is 24.3 Å². The summed E-state index contributed by atoms with van der Waals surface area (Å²) < 4.78 is 3.50. The standard InChI is InChI=1S/C26H21N7O2/c27-24(35)22-15-32(20-8-5-16-3-1-4-17(16)13-20)25-21(23(22)34)14-28-26(31-25)30-18-6-9-19(10-7-18)33-12-2-11-29-33/h2,5-15H,1,3-4H2,(H2,27,35)(H,28,30,31). The Hall–Kier alpha value is -4.79. The Morgan fingerprint density at radius 1 is 1.03 bits per heavy atom. The lowest BCUT2D eigenvalue weighted by Gasteiger charge is -2.14. The number of primary amides is 1. The van der Waals surface area contributed by atoms with E-state index in [9.17, 15) is 9.59 Å². The predicted octanol–water partition coefficient (Wildman–Crippen LogP) is 3.30. The molecule has 0 radical (unpaired) electrons. The van der Waals surface area contributed by atoms with Crippen molar-refractivity contribution in [3.8, 4) is 11.4 Å². The fourth-order valence-electron chi connectivity index (χ4n) is 4.50. The van der Waals surface area contributed by atoms with E-state index in [4.69, 9.17) is 5.73 Å². The van der Waals surface area contributed by atoms with Crippen molar-refractivity contribution in [2.24, 2.45) is 5.73 Å². The number of carbonyl (C=O) groups excluding carboxylic acids is 1. The number of benzene rings is 2. The van der Waals surface area contributed by atoms with Crippen LogP contribution in [0.4, 0.5) is 11.6 Å². The van der Waals surface area contributed by atoms with Gasteiger partial charge in [-0.2, -0.15) is 10.1 Å². The molecule has 2 aromatic carbocycles. The van der Waals surface area contributed by atoms with E-state index in [0.29, 0.717) is 11.6 Å². The highest BCUT2D eigenvalue weighted by Gasteiger charge is 2.18. The second-order valence-corrected chi connectivity index (χ2v) is 8.47. The third-order valence-electron chi connectivity index (χ3n) is 6.26. The van der Waals surface area contributed by atoms with E-state index in [-0.39, 0.29) is 10.9 Å². The van der Waals surface area contributed by atoms with Gasteiger partial charge >= 0.3 is 0 Å². The van der Waals surface area contributed by atoms with Gasteiger partial charge in [0.15, 0.2) is 5.65 Å². The zero-order valence-electron chi connectivity index (χ0n) is 18.7. The lowest BCUT2D eigenvalue weighted by atomic mass is 10.1. The highest BCUT2D eigenvalue weighted by molar-refractivity contribution is 5.96. The van der Waals surface area contributed by atoms with Crippen LogP contribution in [-0.2, 0) is 12.8 Å². The summed E-state index contributed by atoms with van der Waals surface area (Å²) in [5, 5.41) is 7.64. The fraction of sp³-hybridized carbons (Fsp3) is 0.115. The summed E-state index contributed by atoms with van der Waals surface area (Å²) >= 11 is 0. The Labute approximate surface area is 199 Å². The number of anilines is 2. The van der Waals surface area contributed by atoms with E-state index in [0.717, 1.165) is 36.3 Å². The molecule has 3 N–H and O–H groups in total. The number of rotatable bonds is 5. The maximum absolute atomic E-state index is 12.9. The van der Waals surface area contributed by atoms with Crippen molar-refractivity contribution in [2.75, 3.05) is 5.32 Å². The number of amides is 1. The van der Waals surface area contributed by atoms with Crippen LogP contribution in [0, 0.1) is 0 Å². The number of nitrogens with two attached hydrogens (primary N) is 1. The molecule has 0 spiro atoms. The van der Waals surface area contributed by atoms with Gasteiger partial charge in [-0.1, -0.05) is 6.07 Å². The molecular formula is C26H21N7O2. The largest absolute Gasteiger partial charge is 0.365 e. The minimum atomic E-state index is -0.786. The topological polar surface area (TPSA) is 121 Å². The zero-order chi connectivity index (χ0) is 23.9. The molecule has 0 fully saturated rings. The molecule has 5 aromatic rings. The monoisotopic (exact) mass is 463 g/mol. The Balaban J connectivity index is 1.43. The van der Waals surface area contributed by atoms with Gasteiger partial charge in [-0.05, 0) is 72.9 Å². The van der Waals surface area contributed by atoms with Gasteiger partial charge in [0.2, 0.25) is 11.4 Å². The van der Waals surface area contributed by atoms with E-state index < -0.39 is 11.3 Å². The number of pyridine rings is 1. The van der Waals surface area contributed by atoms with Gasteiger partial charge in [0.05, 0.1) is 11.1 Å². The predicted molar refractivity (Wildman–Crippen MR) is 133 cm³/mol. The molecule has 6 rings (SSSR count). The average molecular weight is 464 g/mol.